The van der Waals surface area contributed by atoms with Crippen molar-refractivity contribution >= 4 is 17.6 Å². The van der Waals surface area contributed by atoms with E-state index >= 15 is 0 Å². The summed E-state index contributed by atoms with van der Waals surface area (Å²) in [6, 6.07) is 10.2. The van der Waals surface area contributed by atoms with Crippen molar-refractivity contribution in [1.29, 1.82) is 0 Å². The Morgan fingerprint density at radius 3 is 2.48 bits per heavy atom. The molecule has 2 amide bonds. The minimum atomic E-state index is -0.457. The van der Waals surface area contributed by atoms with Crippen LogP contribution < -0.4 is 5.32 Å². The SMILES string of the molecule is CNc1cc(CN(C)C(=O)C2(c3ccc(C)cc3)CCCC2)nc(C2CCCN2C(C)=O)n1. The molecule has 1 aliphatic heterocycles. The van der Waals surface area contributed by atoms with Crippen molar-refractivity contribution in [3.8, 4) is 0 Å². The van der Waals surface area contributed by atoms with E-state index in [0.29, 0.717) is 18.2 Å². The van der Waals surface area contributed by atoms with E-state index in [0.717, 1.165) is 56.3 Å². The zero-order valence-corrected chi connectivity index (χ0v) is 20.2. The summed E-state index contributed by atoms with van der Waals surface area (Å²) in [5.74, 6) is 1.56. The predicted octanol–water partition coefficient (Wildman–Crippen LogP) is 3.98. The lowest BCUT2D eigenvalue weighted by atomic mass is 9.77. The molecule has 1 aromatic heterocycles. The highest BCUT2D eigenvalue weighted by Crippen LogP contribution is 2.43. The van der Waals surface area contributed by atoms with Crippen LogP contribution in [0.4, 0.5) is 5.82 Å². The molecule has 4 rings (SSSR count). The van der Waals surface area contributed by atoms with E-state index in [2.05, 4.69) is 41.5 Å². The third kappa shape index (κ3) is 4.59. The molecule has 0 spiro atoms. The van der Waals surface area contributed by atoms with Crippen LogP contribution >= 0.6 is 0 Å². The Labute approximate surface area is 196 Å². The van der Waals surface area contributed by atoms with E-state index in [1.807, 2.05) is 30.0 Å². The van der Waals surface area contributed by atoms with Gasteiger partial charge in [0.2, 0.25) is 11.8 Å². The summed E-state index contributed by atoms with van der Waals surface area (Å²) in [7, 11) is 3.70. The molecule has 1 saturated carbocycles. The Kier molecular flexibility index (Phi) is 6.68. The van der Waals surface area contributed by atoms with Crippen molar-refractivity contribution in [2.75, 3.05) is 26.0 Å². The zero-order valence-electron chi connectivity index (χ0n) is 20.2. The topological polar surface area (TPSA) is 78.4 Å². The maximum absolute atomic E-state index is 13.8. The highest BCUT2D eigenvalue weighted by Gasteiger charge is 2.44. The number of amides is 2. The Morgan fingerprint density at radius 1 is 1.15 bits per heavy atom. The molecular weight excluding hydrogens is 414 g/mol. The number of nitrogens with zero attached hydrogens (tertiary/aromatic N) is 4. The lowest BCUT2D eigenvalue weighted by Crippen LogP contribution is -2.43. The highest BCUT2D eigenvalue weighted by atomic mass is 16.2. The van der Waals surface area contributed by atoms with Crippen molar-refractivity contribution in [1.82, 2.24) is 19.8 Å². The normalized spacial score (nSPS) is 19.5. The quantitative estimate of drug-likeness (QED) is 0.722. The fourth-order valence-electron chi connectivity index (χ4n) is 5.45. The fraction of sp³-hybridized carbons (Fsp3) is 0.538. The van der Waals surface area contributed by atoms with Gasteiger partial charge in [0.25, 0.3) is 0 Å². The molecule has 1 unspecified atom stereocenters. The Hall–Kier alpha value is -2.96. The number of likely N-dealkylation sites (tertiary alicyclic amines) is 1. The average Bonchev–Trinajstić information content (AvgIpc) is 3.49. The van der Waals surface area contributed by atoms with Crippen LogP contribution in [0.25, 0.3) is 0 Å². The summed E-state index contributed by atoms with van der Waals surface area (Å²) in [6.07, 6.45) is 5.70. The maximum atomic E-state index is 13.8. The summed E-state index contributed by atoms with van der Waals surface area (Å²) in [5, 5.41) is 3.11. The molecule has 0 radical (unpaired) electrons. The number of carbonyl (C=O) groups is 2. The number of nitrogens with one attached hydrogen (secondary N) is 1. The fourth-order valence-corrected chi connectivity index (χ4v) is 5.45. The van der Waals surface area contributed by atoms with Crippen molar-refractivity contribution in [3.05, 3.63) is 53.0 Å². The van der Waals surface area contributed by atoms with Crippen molar-refractivity contribution in [2.24, 2.45) is 0 Å². The van der Waals surface area contributed by atoms with Gasteiger partial charge < -0.3 is 15.1 Å². The number of benzene rings is 1. The lowest BCUT2D eigenvalue weighted by Gasteiger charge is -2.33. The first-order chi connectivity index (χ1) is 15.8. The smallest absolute Gasteiger partial charge is 0.233 e. The largest absolute Gasteiger partial charge is 0.373 e. The number of carbonyl (C=O) groups excluding carboxylic acids is 2. The number of aryl methyl sites for hydroxylation is 1. The Balaban J connectivity index is 1.59. The molecule has 1 atom stereocenters. The van der Waals surface area contributed by atoms with E-state index in [1.165, 1.54) is 5.56 Å². The third-order valence-electron chi connectivity index (χ3n) is 7.22. The number of rotatable bonds is 6. The van der Waals surface area contributed by atoms with Crippen molar-refractivity contribution in [2.45, 2.75) is 70.4 Å². The minimum Gasteiger partial charge on any atom is -0.373 e. The van der Waals surface area contributed by atoms with E-state index in [1.54, 1.807) is 6.92 Å². The van der Waals surface area contributed by atoms with E-state index in [9.17, 15) is 9.59 Å². The van der Waals surface area contributed by atoms with Gasteiger partial charge in [-0.25, -0.2) is 9.97 Å². The van der Waals surface area contributed by atoms with Gasteiger partial charge >= 0.3 is 0 Å². The molecule has 0 bridgehead atoms. The zero-order chi connectivity index (χ0) is 23.6. The average molecular weight is 450 g/mol. The Morgan fingerprint density at radius 2 is 1.85 bits per heavy atom. The van der Waals surface area contributed by atoms with Gasteiger partial charge in [-0.05, 0) is 38.2 Å². The van der Waals surface area contributed by atoms with E-state index in [-0.39, 0.29) is 17.9 Å². The lowest BCUT2D eigenvalue weighted by molar-refractivity contribution is -0.136. The third-order valence-corrected chi connectivity index (χ3v) is 7.22. The van der Waals surface area contributed by atoms with Gasteiger partial charge in [-0.2, -0.15) is 0 Å². The number of hydrogen-bond donors (Lipinski definition) is 1. The summed E-state index contributed by atoms with van der Waals surface area (Å²) in [6.45, 7) is 4.81. The first kappa shape index (κ1) is 23.2. The molecule has 2 heterocycles. The van der Waals surface area contributed by atoms with Crippen LogP contribution in [0.2, 0.25) is 0 Å². The maximum Gasteiger partial charge on any atom is 0.233 e. The van der Waals surface area contributed by atoms with Crippen LogP contribution in [0.3, 0.4) is 0 Å². The van der Waals surface area contributed by atoms with Crippen LogP contribution in [0, 0.1) is 6.92 Å². The molecule has 2 aliphatic rings. The van der Waals surface area contributed by atoms with Crippen LogP contribution in [-0.2, 0) is 21.5 Å². The van der Waals surface area contributed by atoms with Crippen LogP contribution in [-0.4, -0.2) is 52.2 Å². The van der Waals surface area contributed by atoms with Crippen LogP contribution in [0.15, 0.2) is 30.3 Å². The van der Waals surface area contributed by atoms with Crippen LogP contribution in [0.5, 0.6) is 0 Å². The standard InChI is InChI=1S/C26H35N5O2/c1-18-9-11-20(12-10-18)26(13-5-6-14-26)25(33)30(4)17-21-16-23(27-3)29-24(28-21)22-8-7-15-31(22)19(2)32/h9-12,16,22H,5-8,13-15,17H2,1-4H3,(H,27,28,29). The van der Waals surface area contributed by atoms with Gasteiger partial charge in [-0.15, -0.1) is 0 Å². The molecule has 2 aromatic rings. The van der Waals surface area contributed by atoms with Gasteiger partial charge in [0, 0.05) is 33.6 Å². The molecule has 1 aromatic carbocycles. The molecule has 7 heteroatoms. The second kappa shape index (κ2) is 9.49. The highest BCUT2D eigenvalue weighted by molar-refractivity contribution is 5.88. The van der Waals surface area contributed by atoms with Gasteiger partial charge in [0.05, 0.1) is 23.7 Å². The summed E-state index contributed by atoms with van der Waals surface area (Å²) in [4.78, 5) is 39.0. The van der Waals surface area contributed by atoms with E-state index in [4.69, 9.17) is 4.98 Å². The van der Waals surface area contributed by atoms with Gasteiger partial charge in [0.15, 0.2) is 5.82 Å². The molecule has 176 valence electrons. The van der Waals surface area contributed by atoms with Gasteiger partial charge in [-0.3, -0.25) is 9.59 Å². The molecule has 1 saturated heterocycles. The number of hydrogen-bond acceptors (Lipinski definition) is 5. The second-order valence-corrected chi connectivity index (χ2v) is 9.54. The summed E-state index contributed by atoms with van der Waals surface area (Å²) >= 11 is 0. The molecule has 7 nitrogen and oxygen atoms in total. The number of anilines is 1. The van der Waals surface area contributed by atoms with Crippen LogP contribution in [0.1, 0.15) is 74.1 Å². The Bertz CT molecular complexity index is 1010. The molecule has 33 heavy (non-hydrogen) atoms. The molecule has 1 N–H and O–H groups in total. The summed E-state index contributed by atoms with van der Waals surface area (Å²) < 4.78 is 0. The van der Waals surface area contributed by atoms with Crippen molar-refractivity contribution in [3.63, 3.8) is 0 Å². The van der Waals surface area contributed by atoms with Gasteiger partial charge in [-0.1, -0.05) is 42.7 Å². The minimum absolute atomic E-state index is 0.0473. The number of likely N-dealkylation sites (N-methyl/N-ethyl adjacent to an activating group) is 1. The first-order valence-electron chi connectivity index (χ1n) is 12.0. The monoisotopic (exact) mass is 449 g/mol. The number of aromatic nitrogens is 2. The van der Waals surface area contributed by atoms with E-state index < -0.39 is 5.41 Å². The summed E-state index contributed by atoms with van der Waals surface area (Å²) in [5.41, 5.74) is 2.64. The first-order valence-corrected chi connectivity index (χ1v) is 12.0. The molecular formula is C26H35N5O2. The van der Waals surface area contributed by atoms with Crippen molar-refractivity contribution < 1.29 is 9.59 Å². The molecule has 1 aliphatic carbocycles. The second-order valence-electron chi connectivity index (χ2n) is 9.54. The predicted molar refractivity (Wildman–Crippen MR) is 129 cm³/mol. The van der Waals surface area contributed by atoms with Gasteiger partial charge in [0.1, 0.15) is 5.82 Å². The molecule has 2 fully saturated rings.